The van der Waals surface area contributed by atoms with Crippen molar-refractivity contribution in [1.82, 2.24) is 0 Å². The van der Waals surface area contributed by atoms with Crippen LogP contribution in [0, 0.1) is 0 Å². The summed E-state index contributed by atoms with van der Waals surface area (Å²) in [4.78, 5) is 0. The molecule has 0 aliphatic rings. The van der Waals surface area contributed by atoms with Gasteiger partial charge in [-0.3, -0.25) is 0 Å². The Kier molecular flexibility index (Phi) is 179. The first-order valence-electron chi connectivity index (χ1n) is 0. The van der Waals surface area contributed by atoms with Gasteiger partial charge in [0, 0.05) is 68.0 Å². The Balaban J connectivity index is 0. The first kappa shape index (κ1) is 36.5. The molecular formula is CrCuFeNi. The minimum absolute atomic E-state index is 0. The molecule has 35 valence electrons. The molecule has 0 heterocycles. The van der Waals surface area contributed by atoms with Gasteiger partial charge in [0.15, 0.2) is 0 Å². The summed E-state index contributed by atoms with van der Waals surface area (Å²) < 4.78 is 0. The zero-order valence-electron chi connectivity index (χ0n) is 1.38. The van der Waals surface area contributed by atoms with Crippen LogP contribution in [0.5, 0.6) is 0 Å². The predicted molar refractivity (Wildman–Crippen MR) is 0 cm³/mol. The van der Waals surface area contributed by atoms with E-state index >= 15 is 0 Å². The van der Waals surface area contributed by atoms with Crippen LogP contribution in [0.25, 0.3) is 0 Å². The second-order valence-corrected chi connectivity index (χ2v) is 0. The Bertz CT molecular complexity index is 8.00. The van der Waals surface area contributed by atoms with Gasteiger partial charge in [-0.05, 0) is 0 Å². The van der Waals surface area contributed by atoms with Crippen molar-refractivity contribution in [2.45, 2.75) is 0 Å². The van der Waals surface area contributed by atoms with E-state index in [-0.39, 0.29) is 68.0 Å². The molecule has 0 N–H and O–H groups in total. The second kappa shape index (κ2) is 19.6. The van der Waals surface area contributed by atoms with Gasteiger partial charge in [-0.15, -0.1) is 0 Å². The van der Waals surface area contributed by atoms with E-state index in [1.807, 2.05) is 0 Å². The first-order chi connectivity index (χ1) is 0. The van der Waals surface area contributed by atoms with Crippen LogP contribution >= 0.6 is 0 Å². The molecule has 0 nitrogen and oxygen atoms in total. The van der Waals surface area contributed by atoms with Crippen molar-refractivity contribution in [3.05, 3.63) is 0 Å². The van der Waals surface area contributed by atoms with Crippen LogP contribution in [0.15, 0.2) is 0 Å². The van der Waals surface area contributed by atoms with Crippen LogP contribution in [0.3, 0.4) is 0 Å². The largest absolute Gasteiger partial charge is 0 e. The number of hydrogen-bond acceptors (Lipinski definition) is 0. The van der Waals surface area contributed by atoms with Crippen molar-refractivity contribution in [1.29, 1.82) is 0 Å². The Morgan fingerprint density at radius 1 is 1.00 bits per heavy atom. The Morgan fingerprint density at radius 3 is 1.00 bits per heavy atom. The van der Waals surface area contributed by atoms with Gasteiger partial charge in [-0.1, -0.05) is 0 Å². The van der Waals surface area contributed by atoms with Crippen molar-refractivity contribution in [3.63, 3.8) is 0 Å². The van der Waals surface area contributed by atoms with Crippen molar-refractivity contribution in [2.24, 2.45) is 0 Å². The summed E-state index contributed by atoms with van der Waals surface area (Å²) in [5, 5.41) is 0. The van der Waals surface area contributed by atoms with E-state index in [2.05, 4.69) is 0 Å². The summed E-state index contributed by atoms with van der Waals surface area (Å²) in [6, 6.07) is 0. The maximum atomic E-state index is 0. The van der Waals surface area contributed by atoms with Crippen LogP contribution < -0.4 is 0 Å². The monoisotopic (exact) mass is 229 g/mol. The summed E-state index contributed by atoms with van der Waals surface area (Å²) in [5.74, 6) is 0. The molecule has 0 aliphatic carbocycles. The third-order valence-corrected chi connectivity index (χ3v) is 0. The third kappa shape index (κ3) is 8.96. The van der Waals surface area contributed by atoms with Gasteiger partial charge < -0.3 is 0 Å². The average Bonchev–Trinajstić information content (AvgIpc) is 0. The van der Waals surface area contributed by atoms with Crippen LogP contribution in [0.4, 0.5) is 0 Å². The number of rotatable bonds is 0. The van der Waals surface area contributed by atoms with E-state index in [4.69, 9.17) is 0 Å². The fourth-order valence-electron chi connectivity index (χ4n) is 0. The van der Waals surface area contributed by atoms with Crippen molar-refractivity contribution < 1.29 is 68.0 Å². The molecule has 4 heteroatoms. The van der Waals surface area contributed by atoms with Crippen LogP contribution in [0.1, 0.15) is 0 Å². The molecule has 0 bridgehead atoms. The van der Waals surface area contributed by atoms with Gasteiger partial charge in [0.2, 0.25) is 0 Å². The van der Waals surface area contributed by atoms with E-state index in [0.717, 1.165) is 0 Å². The molecule has 0 aromatic heterocycles. The Hall–Kier alpha value is 2.06. The van der Waals surface area contributed by atoms with Gasteiger partial charge in [0.05, 0.1) is 0 Å². The van der Waals surface area contributed by atoms with E-state index in [1.165, 1.54) is 0 Å². The summed E-state index contributed by atoms with van der Waals surface area (Å²) in [5.41, 5.74) is 0. The molecular weight excluding hydrogens is 230 g/mol. The molecule has 0 fully saturated rings. The molecule has 0 saturated heterocycles. The average molecular weight is 230 g/mol. The van der Waals surface area contributed by atoms with Crippen LogP contribution in [0.2, 0.25) is 0 Å². The molecule has 0 unspecified atom stereocenters. The standard InChI is InChI=1S/Cr.Cu.Fe.Ni. The molecule has 0 rings (SSSR count). The second-order valence-electron chi connectivity index (χ2n) is 0. The van der Waals surface area contributed by atoms with Crippen LogP contribution in [-0.2, 0) is 68.0 Å². The van der Waals surface area contributed by atoms with Gasteiger partial charge in [-0.2, -0.15) is 0 Å². The number of hydrogen-bond donors (Lipinski definition) is 0. The van der Waals surface area contributed by atoms with Gasteiger partial charge in [0.25, 0.3) is 0 Å². The zero-order chi connectivity index (χ0) is 0. The van der Waals surface area contributed by atoms with Gasteiger partial charge >= 0.3 is 0 Å². The fourth-order valence-corrected chi connectivity index (χ4v) is 0. The van der Waals surface area contributed by atoms with E-state index < -0.39 is 0 Å². The zero-order valence-corrected chi connectivity index (χ0v) is 5.69. The van der Waals surface area contributed by atoms with Crippen molar-refractivity contribution >= 4 is 0 Å². The molecule has 0 spiro atoms. The molecule has 1 radical (unpaired) electrons. The molecule has 0 aromatic carbocycles. The molecule has 0 amide bonds. The summed E-state index contributed by atoms with van der Waals surface area (Å²) in [6.45, 7) is 0. The Labute approximate surface area is 67.5 Å². The van der Waals surface area contributed by atoms with Gasteiger partial charge in [0.1, 0.15) is 0 Å². The Morgan fingerprint density at radius 2 is 1.00 bits per heavy atom. The minimum atomic E-state index is 0. The van der Waals surface area contributed by atoms with Crippen molar-refractivity contribution in [2.75, 3.05) is 0 Å². The SMILES string of the molecule is [Cr].[Cu].[Fe].[Ni]. The topological polar surface area (TPSA) is 0 Å². The molecule has 0 aromatic rings. The normalized spacial score (nSPS) is 0. The smallest absolute Gasteiger partial charge is 0 e. The molecule has 0 atom stereocenters. The van der Waals surface area contributed by atoms with E-state index in [9.17, 15) is 0 Å². The third-order valence-electron chi connectivity index (χ3n) is 0. The molecule has 4 heavy (non-hydrogen) atoms. The van der Waals surface area contributed by atoms with Crippen molar-refractivity contribution in [3.8, 4) is 0 Å². The summed E-state index contributed by atoms with van der Waals surface area (Å²) in [7, 11) is 0. The quantitative estimate of drug-likeness (QED) is 0.513. The first-order valence-corrected chi connectivity index (χ1v) is 0. The molecule has 0 aliphatic heterocycles. The van der Waals surface area contributed by atoms with E-state index in [0.29, 0.717) is 0 Å². The fraction of sp³-hybridized carbons (Fsp3) is 0. The molecule has 0 saturated carbocycles. The van der Waals surface area contributed by atoms with E-state index in [1.54, 1.807) is 0 Å². The van der Waals surface area contributed by atoms with Gasteiger partial charge in [-0.25, -0.2) is 0 Å². The minimum Gasteiger partial charge on any atom is 0 e. The maximum absolute atomic E-state index is 0. The predicted octanol–water partition coefficient (Wildman–Crippen LogP) is -0.0100. The summed E-state index contributed by atoms with van der Waals surface area (Å²) in [6.07, 6.45) is 0. The van der Waals surface area contributed by atoms with Crippen LogP contribution in [-0.4, -0.2) is 0 Å². The maximum Gasteiger partial charge on any atom is 0 e. The summed E-state index contributed by atoms with van der Waals surface area (Å²) >= 11 is 0.